The molecule has 2 aromatic carbocycles. The first-order chi connectivity index (χ1) is 26.8. The first kappa shape index (κ1) is 41.0. The molecule has 2 aliphatic carbocycles. The number of aromatic nitrogens is 5. The van der Waals surface area contributed by atoms with Gasteiger partial charge in [-0.1, -0.05) is 30.5 Å². The molecule has 0 spiro atoms. The number of alkyl halides is 5. The lowest BCUT2D eigenvalue weighted by Gasteiger charge is -2.24. The number of sulfonamides is 1. The zero-order valence-corrected chi connectivity index (χ0v) is 32.7. The average molecular weight is 852 g/mol. The molecule has 1 fully saturated rings. The third-order valence-corrected chi connectivity index (χ3v) is 10.8. The lowest BCUT2D eigenvalue weighted by atomic mass is 9.93. The van der Waals surface area contributed by atoms with Crippen molar-refractivity contribution in [2.75, 3.05) is 11.0 Å². The Morgan fingerprint density at radius 2 is 1.71 bits per heavy atom. The largest absolute Gasteiger partial charge is 0.435 e. The molecule has 20 heteroatoms. The molecule has 11 nitrogen and oxygen atoms in total. The molecule has 0 saturated heterocycles. The molecule has 5 aromatic rings. The van der Waals surface area contributed by atoms with Gasteiger partial charge in [-0.3, -0.25) is 18.9 Å². The predicted molar refractivity (Wildman–Crippen MR) is 198 cm³/mol. The van der Waals surface area contributed by atoms with E-state index in [0.29, 0.717) is 16.3 Å². The van der Waals surface area contributed by atoms with Gasteiger partial charge in [0.1, 0.15) is 35.2 Å². The third kappa shape index (κ3) is 7.60. The summed E-state index contributed by atoms with van der Waals surface area (Å²) in [5, 5.41) is 21.1. The molecule has 3 N–H and O–H groups in total. The van der Waals surface area contributed by atoms with Crippen LogP contribution in [0.3, 0.4) is 0 Å². The first-order valence-corrected chi connectivity index (χ1v) is 19.8. The summed E-state index contributed by atoms with van der Waals surface area (Å²) in [5.41, 5.74) is -5.56. The van der Waals surface area contributed by atoms with E-state index in [2.05, 4.69) is 32.1 Å². The van der Waals surface area contributed by atoms with Crippen LogP contribution in [-0.4, -0.2) is 55.8 Å². The normalized spacial score (nSPS) is 20.1. The zero-order chi connectivity index (χ0) is 42.5. The van der Waals surface area contributed by atoms with Gasteiger partial charge in [0.25, 0.3) is 5.92 Å². The molecule has 2 unspecified atom stereocenters. The summed E-state index contributed by atoms with van der Waals surface area (Å²) in [6, 6.07) is 8.73. The van der Waals surface area contributed by atoms with Crippen molar-refractivity contribution in [3.05, 3.63) is 93.0 Å². The molecule has 306 valence electrons. The second-order valence-corrected chi connectivity index (χ2v) is 17.3. The summed E-state index contributed by atoms with van der Waals surface area (Å²) in [4.78, 5) is 18.9. The van der Waals surface area contributed by atoms with Crippen molar-refractivity contribution in [1.82, 2.24) is 29.9 Å². The minimum atomic E-state index is -5.11. The number of rotatable bonds is 8. The first-order valence-electron chi connectivity index (χ1n) is 17.5. The van der Waals surface area contributed by atoms with Crippen molar-refractivity contribution >= 4 is 44.3 Å². The highest BCUT2D eigenvalue weighted by Gasteiger charge is 2.60. The van der Waals surface area contributed by atoms with E-state index in [4.69, 9.17) is 16.6 Å². The van der Waals surface area contributed by atoms with Gasteiger partial charge in [-0.05, 0) is 68.0 Å². The van der Waals surface area contributed by atoms with Crippen LogP contribution in [0.25, 0.3) is 22.0 Å². The highest BCUT2D eigenvalue weighted by molar-refractivity contribution is 7.92. The van der Waals surface area contributed by atoms with Crippen molar-refractivity contribution < 1.29 is 49.1 Å². The second kappa shape index (κ2) is 13.7. The number of nitrogens with one attached hydrogen (secondary N) is 2. The van der Waals surface area contributed by atoms with E-state index in [1.54, 1.807) is 12.1 Å². The van der Waals surface area contributed by atoms with Gasteiger partial charge in [-0.15, -0.1) is 0 Å². The molecule has 3 heterocycles. The number of carbonyl (C=O) groups excluding carboxylic acids is 1. The fourth-order valence-corrected chi connectivity index (χ4v) is 8.44. The fraction of sp³-hybridized carbons (Fsp3) is 0.368. The van der Waals surface area contributed by atoms with Gasteiger partial charge >= 0.3 is 6.18 Å². The number of benzene rings is 2. The molecular formula is C38H33ClF7N7O4S. The zero-order valence-electron chi connectivity index (χ0n) is 31.2. The molecule has 0 bridgehead atoms. The Labute approximate surface area is 331 Å². The van der Waals surface area contributed by atoms with Crippen molar-refractivity contribution in [2.24, 2.45) is 7.05 Å². The number of hydrogen-bond acceptors (Lipinski definition) is 7. The Morgan fingerprint density at radius 3 is 2.33 bits per heavy atom. The lowest BCUT2D eigenvalue weighted by Crippen LogP contribution is -2.40. The summed E-state index contributed by atoms with van der Waals surface area (Å²) in [6.07, 6.45) is -5.23. The summed E-state index contributed by atoms with van der Waals surface area (Å²) in [7, 11) is -2.35. The van der Waals surface area contributed by atoms with Crippen molar-refractivity contribution in [1.29, 1.82) is 0 Å². The highest BCUT2D eigenvalue weighted by Crippen LogP contribution is 2.60. The van der Waals surface area contributed by atoms with Crippen LogP contribution in [0.5, 0.6) is 0 Å². The Balaban J connectivity index is 1.44. The van der Waals surface area contributed by atoms with E-state index < -0.39 is 92.6 Å². The minimum absolute atomic E-state index is 0.0149. The van der Waals surface area contributed by atoms with Gasteiger partial charge in [0.2, 0.25) is 15.9 Å². The van der Waals surface area contributed by atoms with Crippen LogP contribution < -0.4 is 10.0 Å². The number of aryl methyl sites for hydroxylation is 1. The number of amides is 1. The van der Waals surface area contributed by atoms with E-state index >= 15 is 8.78 Å². The van der Waals surface area contributed by atoms with Crippen molar-refractivity contribution in [3.63, 3.8) is 0 Å². The standard InChI is InChI=1S/C38H33ClF7N7O4S/c1-18-15-37(42,43)33-28(18)32(38(44,45)46)49-53(33)17-27(54)48-36(16-25(36)19-12-20(40)14-21(41)13-19)31-24(7-6-22(47-31)10-11-35(2,3)55)23-8-9-26(39)29-30(23)52(4)50-34(29)51-58(5,56)57/h6-9,12-14,18,25,55H,15-17H2,1-5H3,(H,48,54)(H,50,51)/t18-,25?,36?/m0/s1. The Kier molecular flexibility index (Phi) is 9.68. The van der Waals surface area contributed by atoms with Gasteiger partial charge in [-0.25, -0.2) is 22.2 Å². The smallest absolute Gasteiger partial charge is 0.378 e. The number of nitrogens with zero attached hydrogens (tertiary/aromatic N) is 5. The van der Waals surface area contributed by atoms with Crippen LogP contribution in [0.1, 0.15) is 79.4 Å². The van der Waals surface area contributed by atoms with E-state index in [1.807, 2.05) is 0 Å². The molecule has 3 atom stereocenters. The third-order valence-electron chi connectivity index (χ3n) is 9.89. The summed E-state index contributed by atoms with van der Waals surface area (Å²) in [5.74, 6) is -3.66. The number of halogens is 8. The van der Waals surface area contributed by atoms with Crippen molar-refractivity contribution in [2.45, 2.75) is 75.2 Å². The van der Waals surface area contributed by atoms with Gasteiger partial charge in [-0.2, -0.15) is 32.1 Å². The van der Waals surface area contributed by atoms with E-state index in [1.165, 1.54) is 44.6 Å². The monoisotopic (exact) mass is 851 g/mol. The van der Waals surface area contributed by atoms with Crippen LogP contribution in [0.2, 0.25) is 5.02 Å². The van der Waals surface area contributed by atoms with Crippen LogP contribution in [0.15, 0.2) is 42.5 Å². The Hall–Kier alpha value is -5.19. The molecule has 7 rings (SSSR count). The van der Waals surface area contributed by atoms with E-state index in [0.717, 1.165) is 18.4 Å². The van der Waals surface area contributed by atoms with Crippen LogP contribution >= 0.6 is 11.6 Å². The quantitative estimate of drug-likeness (QED) is 0.112. The fourth-order valence-electron chi connectivity index (χ4n) is 7.71. The molecule has 2 aliphatic rings. The number of carbonyl (C=O) groups is 1. The summed E-state index contributed by atoms with van der Waals surface area (Å²) in [6.45, 7) is 2.94. The summed E-state index contributed by atoms with van der Waals surface area (Å²) < 4.78 is 131. The molecule has 0 radical (unpaired) electrons. The summed E-state index contributed by atoms with van der Waals surface area (Å²) >= 11 is 6.59. The van der Waals surface area contributed by atoms with Gasteiger partial charge in [0.05, 0.1) is 33.4 Å². The maximum atomic E-state index is 15.3. The molecule has 58 heavy (non-hydrogen) atoms. The molecule has 0 aliphatic heterocycles. The number of fused-ring (bicyclic) bond motifs is 2. The predicted octanol–water partition coefficient (Wildman–Crippen LogP) is 7.07. The topological polar surface area (TPSA) is 144 Å². The molecule has 3 aromatic heterocycles. The maximum Gasteiger partial charge on any atom is 0.435 e. The number of aliphatic hydroxyl groups is 1. The Bertz CT molecular complexity index is 2700. The maximum absolute atomic E-state index is 15.3. The minimum Gasteiger partial charge on any atom is -0.378 e. The van der Waals surface area contributed by atoms with Crippen molar-refractivity contribution in [3.8, 4) is 23.0 Å². The number of hydrogen-bond donors (Lipinski definition) is 3. The SMILES string of the molecule is C[C@H]1CC(F)(F)c2c1c(C(F)(F)F)nn2CC(=O)NC1(c2nc(C#CC(C)(C)O)ccc2-c2ccc(Cl)c3c(NS(C)(=O)=O)nn(C)c23)CC1c1cc(F)cc(F)c1. The molecular weight excluding hydrogens is 819 g/mol. The highest BCUT2D eigenvalue weighted by atomic mass is 35.5. The average Bonchev–Trinajstić information content (AvgIpc) is 3.36. The molecule has 1 saturated carbocycles. The van der Waals surface area contributed by atoms with E-state index in [9.17, 15) is 40.3 Å². The number of pyridine rings is 1. The second-order valence-electron chi connectivity index (χ2n) is 15.1. The lowest BCUT2D eigenvalue weighted by molar-refractivity contribution is -0.142. The van der Waals surface area contributed by atoms with Crippen LogP contribution in [0.4, 0.5) is 36.6 Å². The van der Waals surface area contributed by atoms with Gasteiger partial charge < -0.3 is 10.4 Å². The van der Waals surface area contributed by atoms with Gasteiger partial charge in [0, 0.05) is 42.1 Å². The van der Waals surface area contributed by atoms with Crippen LogP contribution in [-0.2, 0) is 46.0 Å². The Morgan fingerprint density at radius 1 is 1.05 bits per heavy atom. The van der Waals surface area contributed by atoms with Gasteiger partial charge in [0.15, 0.2) is 11.5 Å². The van der Waals surface area contributed by atoms with E-state index in [-0.39, 0.29) is 50.7 Å². The van der Waals surface area contributed by atoms with Crippen LogP contribution in [0, 0.1) is 23.5 Å². The molecule has 1 amide bonds. The number of anilines is 1.